The standard InChI is InChI=1S/C8H10N2O4/c1-4-5(2-3-6(11)12)7(13)10-8(14)9-4/h2-5H,1H3,(H,11,12)(H2,9,10,13,14). The van der Waals surface area contributed by atoms with Crippen LogP contribution in [0.1, 0.15) is 6.92 Å². The zero-order chi connectivity index (χ0) is 10.7. The predicted molar refractivity (Wildman–Crippen MR) is 46.4 cm³/mol. The van der Waals surface area contributed by atoms with Crippen molar-refractivity contribution in [2.75, 3.05) is 0 Å². The first kappa shape index (κ1) is 10.2. The number of imide groups is 1. The number of carboxylic acids is 1. The van der Waals surface area contributed by atoms with Crippen LogP contribution >= 0.6 is 0 Å². The first-order chi connectivity index (χ1) is 6.50. The van der Waals surface area contributed by atoms with Crippen LogP contribution in [-0.2, 0) is 9.59 Å². The van der Waals surface area contributed by atoms with Crippen molar-refractivity contribution in [1.82, 2.24) is 10.6 Å². The summed E-state index contributed by atoms with van der Waals surface area (Å²) in [6, 6.07) is -0.950. The number of nitrogens with one attached hydrogen (secondary N) is 2. The second kappa shape index (κ2) is 3.91. The topological polar surface area (TPSA) is 95.5 Å². The van der Waals surface area contributed by atoms with Crippen molar-refractivity contribution >= 4 is 17.9 Å². The Labute approximate surface area is 80.0 Å². The van der Waals surface area contributed by atoms with Gasteiger partial charge in [0.05, 0.1) is 5.92 Å². The van der Waals surface area contributed by atoms with Crippen molar-refractivity contribution in [3.05, 3.63) is 12.2 Å². The average Bonchev–Trinajstić information content (AvgIpc) is 2.01. The van der Waals surface area contributed by atoms with Gasteiger partial charge < -0.3 is 10.4 Å². The van der Waals surface area contributed by atoms with Gasteiger partial charge in [-0.1, -0.05) is 6.08 Å². The summed E-state index contributed by atoms with van der Waals surface area (Å²) < 4.78 is 0. The fourth-order valence-electron chi connectivity index (χ4n) is 1.19. The molecule has 3 amide bonds. The van der Waals surface area contributed by atoms with Crippen LogP contribution in [0.15, 0.2) is 12.2 Å². The van der Waals surface area contributed by atoms with E-state index in [1.165, 1.54) is 6.08 Å². The highest BCUT2D eigenvalue weighted by molar-refractivity contribution is 5.99. The van der Waals surface area contributed by atoms with Gasteiger partial charge in [-0.15, -0.1) is 0 Å². The van der Waals surface area contributed by atoms with Gasteiger partial charge in [-0.05, 0) is 6.92 Å². The summed E-state index contributed by atoms with van der Waals surface area (Å²) in [6.45, 7) is 1.63. The van der Waals surface area contributed by atoms with Crippen LogP contribution in [-0.4, -0.2) is 29.1 Å². The molecule has 2 unspecified atom stereocenters. The second-order valence-corrected chi connectivity index (χ2v) is 2.97. The molecule has 1 heterocycles. The van der Waals surface area contributed by atoms with Gasteiger partial charge >= 0.3 is 12.0 Å². The number of carboxylic acid groups (broad SMARTS) is 1. The van der Waals surface area contributed by atoms with Gasteiger partial charge in [-0.2, -0.15) is 0 Å². The minimum Gasteiger partial charge on any atom is -0.478 e. The normalized spacial score (nSPS) is 27.2. The maximum absolute atomic E-state index is 11.2. The monoisotopic (exact) mass is 198 g/mol. The molecular weight excluding hydrogens is 188 g/mol. The van der Waals surface area contributed by atoms with Crippen molar-refractivity contribution in [2.45, 2.75) is 13.0 Å². The maximum atomic E-state index is 11.2. The summed E-state index contributed by atoms with van der Waals surface area (Å²) in [6.07, 6.45) is 2.14. The fourth-order valence-corrected chi connectivity index (χ4v) is 1.19. The van der Waals surface area contributed by atoms with Gasteiger partial charge in [-0.25, -0.2) is 9.59 Å². The molecule has 1 saturated heterocycles. The van der Waals surface area contributed by atoms with E-state index in [0.29, 0.717) is 0 Å². The number of carbonyl (C=O) groups excluding carboxylic acids is 2. The van der Waals surface area contributed by atoms with E-state index in [0.717, 1.165) is 6.08 Å². The third kappa shape index (κ3) is 2.32. The Morgan fingerprint density at radius 1 is 1.50 bits per heavy atom. The largest absolute Gasteiger partial charge is 0.478 e. The summed E-state index contributed by atoms with van der Waals surface area (Å²) in [5.41, 5.74) is 0. The predicted octanol–water partition coefficient (Wildman–Crippen LogP) is -0.529. The Morgan fingerprint density at radius 3 is 2.64 bits per heavy atom. The third-order valence-electron chi connectivity index (χ3n) is 1.88. The lowest BCUT2D eigenvalue weighted by Crippen LogP contribution is -2.56. The van der Waals surface area contributed by atoms with E-state index in [-0.39, 0.29) is 0 Å². The molecule has 14 heavy (non-hydrogen) atoms. The molecule has 6 heteroatoms. The summed E-state index contributed by atoms with van der Waals surface area (Å²) in [5.74, 6) is -2.25. The summed E-state index contributed by atoms with van der Waals surface area (Å²) >= 11 is 0. The number of urea groups is 1. The lowest BCUT2D eigenvalue weighted by atomic mass is 9.98. The molecule has 2 atom stereocenters. The second-order valence-electron chi connectivity index (χ2n) is 2.97. The van der Waals surface area contributed by atoms with Crippen LogP contribution in [0, 0.1) is 5.92 Å². The molecule has 0 aromatic carbocycles. The van der Waals surface area contributed by atoms with E-state index in [4.69, 9.17) is 5.11 Å². The molecule has 0 spiro atoms. The first-order valence-corrected chi connectivity index (χ1v) is 4.03. The Morgan fingerprint density at radius 2 is 2.14 bits per heavy atom. The number of amides is 3. The van der Waals surface area contributed by atoms with Crippen LogP contribution in [0.2, 0.25) is 0 Å². The molecule has 0 aromatic rings. The molecule has 3 N–H and O–H groups in total. The third-order valence-corrected chi connectivity index (χ3v) is 1.88. The van der Waals surface area contributed by atoms with Crippen LogP contribution in [0.5, 0.6) is 0 Å². The van der Waals surface area contributed by atoms with Gasteiger partial charge in [0.15, 0.2) is 0 Å². The van der Waals surface area contributed by atoms with E-state index in [1.807, 2.05) is 0 Å². The molecule has 6 nitrogen and oxygen atoms in total. The minimum atomic E-state index is -1.12. The highest BCUT2D eigenvalue weighted by Gasteiger charge is 2.30. The highest BCUT2D eigenvalue weighted by atomic mass is 16.4. The SMILES string of the molecule is CC1NC(=O)NC(=O)C1C=CC(=O)O. The van der Waals surface area contributed by atoms with E-state index >= 15 is 0 Å². The van der Waals surface area contributed by atoms with Gasteiger partial charge in [0, 0.05) is 12.1 Å². The smallest absolute Gasteiger partial charge is 0.328 e. The van der Waals surface area contributed by atoms with Crippen LogP contribution < -0.4 is 10.6 Å². The molecule has 0 aromatic heterocycles. The number of aliphatic carboxylic acids is 1. The zero-order valence-corrected chi connectivity index (χ0v) is 7.48. The lowest BCUT2D eigenvalue weighted by Gasteiger charge is -2.26. The number of hydrogen-bond acceptors (Lipinski definition) is 3. The molecule has 0 bridgehead atoms. The van der Waals surface area contributed by atoms with E-state index in [1.54, 1.807) is 6.92 Å². The van der Waals surface area contributed by atoms with Crippen LogP contribution in [0.3, 0.4) is 0 Å². The molecule has 1 aliphatic rings. The van der Waals surface area contributed by atoms with Crippen LogP contribution in [0.4, 0.5) is 4.79 Å². The van der Waals surface area contributed by atoms with Crippen molar-refractivity contribution in [3.63, 3.8) is 0 Å². The van der Waals surface area contributed by atoms with Gasteiger partial charge in [0.25, 0.3) is 0 Å². The highest BCUT2D eigenvalue weighted by Crippen LogP contribution is 2.09. The number of hydrogen-bond donors (Lipinski definition) is 3. The van der Waals surface area contributed by atoms with Crippen molar-refractivity contribution in [1.29, 1.82) is 0 Å². The zero-order valence-electron chi connectivity index (χ0n) is 7.48. The Hall–Kier alpha value is -1.85. The van der Waals surface area contributed by atoms with E-state index < -0.39 is 29.9 Å². The molecule has 1 fully saturated rings. The quantitative estimate of drug-likeness (QED) is 0.520. The molecular formula is C8H10N2O4. The number of rotatable bonds is 2. The first-order valence-electron chi connectivity index (χ1n) is 4.03. The molecule has 76 valence electrons. The molecule has 0 aliphatic carbocycles. The Bertz CT molecular complexity index is 310. The minimum absolute atomic E-state index is 0.396. The molecule has 0 saturated carbocycles. The molecule has 1 rings (SSSR count). The average molecular weight is 198 g/mol. The summed E-state index contributed by atoms with van der Waals surface area (Å²) in [4.78, 5) is 32.2. The van der Waals surface area contributed by atoms with E-state index in [2.05, 4.69) is 10.6 Å². The maximum Gasteiger partial charge on any atom is 0.328 e. The van der Waals surface area contributed by atoms with Crippen molar-refractivity contribution in [3.8, 4) is 0 Å². The fraction of sp³-hybridized carbons (Fsp3) is 0.375. The summed E-state index contributed by atoms with van der Waals surface area (Å²) in [7, 11) is 0. The van der Waals surface area contributed by atoms with Crippen LogP contribution in [0.25, 0.3) is 0 Å². The van der Waals surface area contributed by atoms with Crippen molar-refractivity contribution in [2.24, 2.45) is 5.92 Å². The Balaban J connectivity index is 2.72. The molecule has 1 aliphatic heterocycles. The molecule has 0 radical (unpaired) electrons. The lowest BCUT2D eigenvalue weighted by molar-refractivity contribution is -0.131. The van der Waals surface area contributed by atoms with E-state index in [9.17, 15) is 14.4 Å². The van der Waals surface area contributed by atoms with Gasteiger partial charge in [-0.3, -0.25) is 10.1 Å². The Kier molecular flexibility index (Phi) is 2.85. The van der Waals surface area contributed by atoms with Gasteiger partial charge in [0.2, 0.25) is 5.91 Å². The number of carbonyl (C=O) groups is 3. The summed E-state index contributed by atoms with van der Waals surface area (Å²) in [5, 5.41) is 12.9. The van der Waals surface area contributed by atoms with Crippen molar-refractivity contribution < 1.29 is 19.5 Å². The van der Waals surface area contributed by atoms with Gasteiger partial charge in [0.1, 0.15) is 0 Å².